The number of unbranched alkanes of at least 4 members (excludes halogenated alkanes) is 4. The highest BCUT2D eigenvalue weighted by Gasteiger charge is 2.55. The first-order valence-corrected chi connectivity index (χ1v) is 11.6. The van der Waals surface area contributed by atoms with Gasteiger partial charge in [0.2, 0.25) is 0 Å². The van der Waals surface area contributed by atoms with E-state index in [1.165, 1.54) is 12.8 Å². The zero-order valence-electron chi connectivity index (χ0n) is 16.7. The van der Waals surface area contributed by atoms with Crippen molar-refractivity contribution in [2.75, 3.05) is 19.8 Å². The van der Waals surface area contributed by atoms with Gasteiger partial charge in [-0.15, -0.1) is 0 Å². The van der Waals surface area contributed by atoms with Crippen LogP contribution in [0.1, 0.15) is 99.3 Å². The molecule has 0 aliphatic carbocycles. The molecule has 3 nitrogen and oxygen atoms in total. The van der Waals surface area contributed by atoms with Gasteiger partial charge in [0.05, 0.1) is 0 Å². The lowest BCUT2D eigenvalue weighted by Gasteiger charge is -2.41. The molecule has 4 heteroatoms. The highest BCUT2D eigenvalue weighted by atomic mass is 28.4. The van der Waals surface area contributed by atoms with Gasteiger partial charge in [-0.2, -0.15) is 0 Å². The van der Waals surface area contributed by atoms with Gasteiger partial charge in [-0.25, -0.2) is 0 Å². The molecule has 0 atom stereocenters. The van der Waals surface area contributed by atoms with Crippen LogP contribution in [0.5, 0.6) is 0 Å². The van der Waals surface area contributed by atoms with E-state index in [2.05, 4.69) is 41.5 Å². The molecule has 0 aromatic heterocycles. The fraction of sp³-hybridized carbons (Fsp3) is 1.00. The third kappa shape index (κ3) is 8.66. The van der Waals surface area contributed by atoms with E-state index in [-0.39, 0.29) is 5.04 Å². The Hall–Kier alpha value is 0.0969. The minimum Gasteiger partial charge on any atom is -0.373 e. The Balaban J connectivity index is 5.13. The predicted molar refractivity (Wildman–Crippen MR) is 102 cm³/mol. The largest absolute Gasteiger partial charge is 0.506 e. The fourth-order valence-electron chi connectivity index (χ4n) is 2.54. The highest BCUT2D eigenvalue weighted by Crippen LogP contribution is 2.44. The van der Waals surface area contributed by atoms with Gasteiger partial charge in [0, 0.05) is 24.9 Å². The second kappa shape index (κ2) is 13.4. The van der Waals surface area contributed by atoms with Crippen LogP contribution in [0.15, 0.2) is 0 Å². The van der Waals surface area contributed by atoms with Gasteiger partial charge < -0.3 is 13.3 Å². The summed E-state index contributed by atoms with van der Waals surface area (Å²) in [5, 5.41) is -0.0156. The summed E-state index contributed by atoms with van der Waals surface area (Å²) in [6.07, 6.45) is 10.2. The van der Waals surface area contributed by atoms with E-state index in [0.29, 0.717) is 0 Å². The summed E-state index contributed by atoms with van der Waals surface area (Å²) in [6, 6.07) is 0. The molecule has 0 aliphatic rings. The third-order valence-corrected chi connectivity index (χ3v) is 8.01. The highest BCUT2D eigenvalue weighted by molar-refractivity contribution is 6.64. The molecule has 23 heavy (non-hydrogen) atoms. The average molecular weight is 347 g/mol. The minimum absolute atomic E-state index is 0.0156. The third-order valence-electron chi connectivity index (χ3n) is 4.35. The van der Waals surface area contributed by atoms with E-state index >= 15 is 0 Å². The SMILES string of the molecule is CCCCO[Si](OCCCC)(OCCCC)C(C)(C)CCCC. The van der Waals surface area contributed by atoms with Crippen molar-refractivity contribution in [1.29, 1.82) is 0 Å². The number of hydrogen-bond acceptors (Lipinski definition) is 3. The number of hydrogen-bond donors (Lipinski definition) is 0. The molecular weight excluding hydrogens is 304 g/mol. The fourth-order valence-corrected chi connectivity index (χ4v) is 5.68. The van der Waals surface area contributed by atoms with Crippen molar-refractivity contribution >= 4 is 8.80 Å². The van der Waals surface area contributed by atoms with Gasteiger partial charge in [-0.1, -0.05) is 73.6 Å². The standard InChI is InChI=1S/C19H42O3Si/c1-7-11-15-19(5,6)23(20-16-12-8-2,21-17-13-9-3)22-18-14-10-4/h7-18H2,1-6H3. The molecule has 0 fully saturated rings. The lowest BCUT2D eigenvalue weighted by Crippen LogP contribution is -2.55. The van der Waals surface area contributed by atoms with E-state index in [9.17, 15) is 0 Å². The maximum atomic E-state index is 6.42. The van der Waals surface area contributed by atoms with Gasteiger partial charge in [-0.3, -0.25) is 0 Å². The Morgan fingerprint density at radius 2 is 0.957 bits per heavy atom. The van der Waals surface area contributed by atoms with Crippen LogP contribution in [-0.2, 0) is 13.3 Å². The van der Waals surface area contributed by atoms with Crippen LogP contribution in [0.4, 0.5) is 0 Å². The smallest absolute Gasteiger partial charge is 0.373 e. The van der Waals surface area contributed by atoms with E-state index < -0.39 is 8.80 Å². The van der Waals surface area contributed by atoms with Crippen LogP contribution >= 0.6 is 0 Å². The Kier molecular flexibility index (Phi) is 13.5. The summed E-state index contributed by atoms with van der Waals surface area (Å²) in [6.45, 7) is 15.7. The van der Waals surface area contributed by atoms with E-state index in [1.54, 1.807) is 0 Å². The van der Waals surface area contributed by atoms with Gasteiger partial charge in [-0.05, 0) is 25.7 Å². The first-order valence-electron chi connectivity index (χ1n) is 9.91. The van der Waals surface area contributed by atoms with E-state index in [0.717, 1.165) is 64.8 Å². The predicted octanol–water partition coefficient (Wildman–Crippen LogP) is 6.35. The Morgan fingerprint density at radius 3 is 1.26 bits per heavy atom. The van der Waals surface area contributed by atoms with E-state index in [1.807, 2.05) is 0 Å². The monoisotopic (exact) mass is 346 g/mol. The molecule has 0 saturated carbocycles. The summed E-state index contributed by atoms with van der Waals surface area (Å²) in [5.41, 5.74) is 0. The van der Waals surface area contributed by atoms with Crippen molar-refractivity contribution < 1.29 is 13.3 Å². The average Bonchev–Trinajstić information content (AvgIpc) is 2.53. The maximum absolute atomic E-state index is 6.42. The zero-order chi connectivity index (χ0) is 17.6. The maximum Gasteiger partial charge on any atom is 0.506 e. The van der Waals surface area contributed by atoms with Crippen molar-refractivity contribution in [2.45, 2.75) is 104 Å². The molecule has 0 radical (unpaired) electrons. The van der Waals surface area contributed by atoms with Gasteiger partial charge in [0.25, 0.3) is 0 Å². The Labute approximate surface area is 146 Å². The van der Waals surface area contributed by atoms with Crippen LogP contribution in [-0.4, -0.2) is 28.6 Å². The molecule has 0 heterocycles. The van der Waals surface area contributed by atoms with Crippen LogP contribution in [0.25, 0.3) is 0 Å². The quantitative estimate of drug-likeness (QED) is 0.241. The Bertz CT molecular complexity index is 243. The molecular formula is C19H42O3Si. The summed E-state index contributed by atoms with van der Waals surface area (Å²) < 4.78 is 19.3. The molecule has 0 amide bonds. The molecule has 0 aliphatic heterocycles. The first-order chi connectivity index (χ1) is 11.0. The van der Waals surface area contributed by atoms with Crippen LogP contribution in [0.3, 0.4) is 0 Å². The summed E-state index contributed by atoms with van der Waals surface area (Å²) in [5.74, 6) is 0. The van der Waals surface area contributed by atoms with Gasteiger partial charge in [0.1, 0.15) is 0 Å². The van der Waals surface area contributed by atoms with Crippen molar-refractivity contribution in [3.8, 4) is 0 Å². The van der Waals surface area contributed by atoms with Crippen molar-refractivity contribution in [2.24, 2.45) is 0 Å². The normalized spacial score (nSPS) is 12.8. The minimum atomic E-state index is -2.67. The molecule has 0 aromatic carbocycles. The molecule has 0 aromatic rings. The summed E-state index contributed by atoms with van der Waals surface area (Å²) >= 11 is 0. The molecule has 0 rings (SSSR count). The second-order valence-electron chi connectivity index (χ2n) is 7.15. The molecule has 0 bridgehead atoms. The van der Waals surface area contributed by atoms with Gasteiger partial charge in [0.15, 0.2) is 0 Å². The Morgan fingerprint density at radius 1 is 0.609 bits per heavy atom. The lowest BCUT2D eigenvalue weighted by atomic mass is 10.1. The number of rotatable bonds is 16. The molecule has 0 spiro atoms. The molecule has 0 unspecified atom stereocenters. The van der Waals surface area contributed by atoms with Crippen LogP contribution in [0.2, 0.25) is 5.04 Å². The van der Waals surface area contributed by atoms with Crippen molar-refractivity contribution in [3.05, 3.63) is 0 Å². The molecule has 0 saturated heterocycles. The molecule has 140 valence electrons. The second-order valence-corrected chi connectivity index (χ2v) is 10.5. The van der Waals surface area contributed by atoms with Crippen molar-refractivity contribution in [1.82, 2.24) is 0 Å². The topological polar surface area (TPSA) is 27.7 Å². The molecule has 0 N–H and O–H groups in total. The van der Waals surface area contributed by atoms with Crippen molar-refractivity contribution in [3.63, 3.8) is 0 Å². The lowest BCUT2D eigenvalue weighted by molar-refractivity contribution is 0.0329. The first kappa shape index (κ1) is 23.1. The summed E-state index contributed by atoms with van der Waals surface area (Å²) in [7, 11) is -2.67. The van der Waals surface area contributed by atoms with Crippen LogP contribution in [0, 0.1) is 0 Å². The van der Waals surface area contributed by atoms with Gasteiger partial charge >= 0.3 is 8.80 Å². The summed E-state index contributed by atoms with van der Waals surface area (Å²) in [4.78, 5) is 0. The van der Waals surface area contributed by atoms with Crippen LogP contribution < -0.4 is 0 Å². The zero-order valence-corrected chi connectivity index (χ0v) is 17.7. The van der Waals surface area contributed by atoms with E-state index in [4.69, 9.17) is 13.3 Å².